The fourth-order valence-electron chi connectivity index (χ4n) is 3.60. The molecule has 166 valence electrons. The molecule has 6 nitrogen and oxygen atoms in total. The van der Waals surface area contributed by atoms with Crippen molar-refractivity contribution in [2.24, 2.45) is 5.92 Å². The zero-order chi connectivity index (χ0) is 22.1. The number of likely N-dealkylation sites (tertiary alicyclic amines) is 1. The van der Waals surface area contributed by atoms with E-state index in [4.69, 9.17) is 4.74 Å². The molecule has 1 N–H and O–H groups in total. The van der Waals surface area contributed by atoms with E-state index < -0.39 is 11.7 Å². The summed E-state index contributed by atoms with van der Waals surface area (Å²) in [7, 11) is 0. The summed E-state index contributed by atoms with van der Waals surface area (Å²) in [5, 5.41) is 2.81. The number of nitrogens with zero attached hydrogens (tertiary/aromatic N) is 1. The van der Waals surface area contributed by atoms with Crippen LogP contribution in [0.2, 0.25) is 0 Å². The molecule has 1 aliphatic rings. The average Bonchev–Trinajstić information content (AvgIpc) is 2.70. The summed E-state index contributed by atoms with van der Waals surface area (Å²) in [5.41, 5.74) is 1.40. The third kappa shape index (κ3) is 8.17. The van der Waals surface area contributed by atoms with E-state index in [0.29, 0.717) is 31.1 Å². The van der Waals surface area contributed by atoms with Crippen LogP contribution in [-0.2, 0) is 16.0 Å². The number of hydrogen-bond donors (Lipinski definition) is 1. The van der Waals surface area contributed by atoms with Crippen molar-refractivity contribution >= 4 is 17.8 Å². The lowest BCUT2D eigenvalue weighted by Crippen LogP contribution is -2.42. The summed E-state index contributed by atoms with van der Waals surface area (Å²) in [5.74, 6) is 0.386. The van der Waals surface area contributed by atoms with Crippen LogP contribution in [0.1, 0.15) is 75.7 Å². The highest BCUT2D eigenvalue weighted by Gasteiger charge is 2.24. The molecule has 1 saturated heterocycles. The van der Waals surface area contributed by atoms with Gasteiger partial charge in [-0.25, -0.2) is 4.79 Å². The molecule has 0 aliphatic carbocycles. The molecule has 1 aromatic rings. The van der Waals surface area contributed by atoms with Crippen LogP contribution in [0, 0.1) is 5.92 Å². The molecule has 1 fully saturated rings. The number of alkyl carbamates (subject to hydrolysis) is 1. The Labute approximate surface area is 180 Å². The topological polar surface area (TPSA) is 75.7 Å². The van der Waals surface area contributed by atoms with Crippen molar-refractivity contribution in [3.8, 4) is 0 Å². The Bertz CT molecular complexity index is 714. The van der Waals surface area contributed by atoms with Gasteiger partial charge in [-0.2, -0.15) is 0 Å². The summed E-state index contributed by atoms with van der Waals surface area (Å²) < 4.78 is 5.25. The van der Waals surface area contributed by atoms with Gasteiger partial charge >= 0.3 is 6.09 Å². The van der Waals surface area contributed by atoms with Crippen LogP contribution < -0.4 is 5.32 Å². The van der Waals surface area contributed by atoms with Crippen molar-refractivity contribution in [1.82, 2.24) is 10.2 Å². The minimum atomic E-state index is -0.505. The predicted molar refractivity (Wildman–Crippen MR) is 118 cm³/mol. The number of amides is 2. The molecule has 2 amide bonds. The van der Waals surface area contributed by atoms with E-state index >= 15 is 0 Å². The van der Waals surface area contributed by atoms with Gasteiger partial charge in [-0.05, 0) is 51.5 Å². The minimum Gasteiger partial charge on any atom is -0.444 e. The molecule has 0 aromatic heterocycles. The highest BCUT2D eigenvalue weighted by Crippen LogP contribution is 2.18. The van der Waals surface area contributed by atoms with Crippen molar-refractivity contribution in [2.45, 2.75) is 71.8 Å². The Morgan fingerprint density at radius 3 is 2.27 bits per heavy atom. The molecular weight excluding hydrogens is 380 g/mol. The van der Waals surface area contributed by atoms with Crippen LogP contribution in [-0.4, -0.2) is 47.9 Å². The van der Waals surface area contributed by atoms with Gasteiger partial charge in [0.05, 0.1) is 0 Å². The summed E-state index contributed by atoms with van der Waals surface area (Å²) in [6.07, 6.45) is 3.86. The Balaban J connectivity index is 1.68. The number of Topliss-reactive ketones (excluding diaryl/α,β-unsaturated/α-hetero) is 1. The number of benzene rings is 1. The van der Waals surface area contributed by atoms with Crippen LogP contribution in [0.4, 0.5) is 4.79 Å². The second-order valence-corrected chi connectivity index (χ2v) is 9.08. The summed E-state index contributed by atoms with van der Waals surface area (Å²) in [4.78, 5) is 38.5. The number of aryl methyl sites for hydroxylation is 1. The Morgan fingerprint density at radius 2 is 1.70 bits per heavy atom. The first-order valence-electron chi connectivity index (χ1n) is 11.0. The number of carbonyl (C=O) groups excluding carboxylic acids is 3. The molecule has 0 saturated carbocycles. The lowest BCUT2D eigenvalue weighted by Gasteiger charge is -2.32. The first-order valence-corrected chi connectivity index (χ1v) is 11.0. The number of carbonyl (C=O) groups is 3. The summed E-state index contributed by atoms with van der Waals surface area (Å²) >= 11 is 0. The van der Waals surface area contributed by atoms with Crippen LogP contribution in [0.25, 0.3) is 0 Å². The SMILES string of the molecule is CCCc1ccc(C(=O)CCC(=O)N2CCC(CNC(=O)OC(C)(C)C)CC2)cc1. The normalized spacial score (nSPS) is 15.0. The monoisotopic (exact) mass is 416 g/mol. The van der Waals surface area contributed by atoms with Gasteiger partial charge in [-0.3, -0.25) is 9.59 Å². The van der Waals surface area contributed by atoms with Gasteiger partial charge in [0.2, 0.25) is 5.91 Å². The van der Waals surface area contributed by atoms with E-state index in [9.17, 15) is 14.4 Å². The number of ketones is 1. The molecule has 0 radical (unpaired) electrons. The van der Waals surface area contributed by atoms with Gasteiger partial charge < -0.3 is 15.0 Å². The van der Waals surface area contributed by atoms with Crippen LogP contribution in [0.5, 0.6) is 0 Å². The quantitative estimate of drug-likeness (QED) is 0.639. The van der Waals surface area contributed by atoms with E-state index in [0.717, 1.165) is 25.7 Å². The third-order valence-corrected chi connectivity index (χ3v) is 5.28. The second kappa shape index (κ2) is 11.1. The number of piperidine rings is 1. The molecule has 0 atom stereocenters. The zero-order valence-electron chi connectivity index (χ0n) is 18.8. The van der Waals surface area contributed by atoms with Gasteiger partial charge in [0, 0.05) is 38.0 Å². The molecule has 0 bridgehead atoms. The number of ether oxygens (including phenoxy) is 1. The van der Waals surface area contributed by atoms with Crippen molar-refractivity contribution in [1.29, 1.82) is 0 Å². The molecule has 1 heterocycles. The van der Waals surface area contributed by atoms with Crippen molar-refractivity contribution in [2.75, 3.05) is 19.6 Å². The van der Waals surface area contributed by atoms with E-state index in [-0.39, 0.29) is 24.5 Å². The van der Waals surface area contributed by atoms with E-state index in [1.807, 2.05) is 49.9 Å². The second-order valence-electron chi connectivity index (χ2n) is 9.08. The molecule has 6 heteroatoms. The van der Waals surface area contributed by atoms with Gasteiger partial charge in [0.25, 0.3) is 0 Å². The average molecular weight is 417 g/mol. The van der Waals surface area contributed by atoms with Crippen LogP contribution in [0.15, 0.2) is 24.3 Å². The van der Waals surface area contributed by atoms with Gasteiger partial charge in [-0.1, -0.05) is 37.6 Å². The lowest BCUT2D eigenvalue weighted by molar-refractivity contribution is -0.132. The number of hydrogen-bond acceptors (Lipinski definition) is 4. The molecule has 1 aromatic carbocycles. The maximum absolute atomic E-state index is 12.5. The molecule has 0 spiro atoms. The predicted octanol–water partition coefficient (Wildman–Crippen LogP) is 4.37. The highest BCUT2D eigenvalue weighted by molar-refractivity contribution is 5.98. The Hall–Kier alpha value is -2.37. The Morgan fingerprint density at radius 1 is 1.07 bits per heavy atom. The van der Waals surface area contributed by atoms with Crippen molar-refractivity contribution < 1.29 is 19.1 Å². The first kappa shape index (κ1) is 23.9. The highest BCUT2D eigenvalue weighted by atomic mass is 16.6. The molecule has 0 unspecified atom stereocenters. The third-order valence-electron chi connectivity index (χ3n) is 5.28. The maximum atomic E-state index is 12.5. The van der Waals surface area contributed by atoms with Crippen LogP contribution in [0.3, 0.4) is 0 Å². The molecular formula is C24H36N2O4. The largest absolute Gasteiger partial charge is 0.444 e. The molecule has 30 heavy (non-hydrogen) atoms. The summed E-state index contributed by atoms with van der Waals surface area (Å²) in [6, 6.07) is 7.71. The van der Waals surface area contributed by atoms with E-state index in [1.165, 1.54) is 5.56 Å². The molecule has 1 aliphatic heterocycles. The van der Waals surface area contributed by atoms with Gasteiger partial charge in [-0.15, -0.1) is 0 Å². The van der Waals surface area contributed by atoms with Crippen molar-refractivity contribution in [3.63, 3.8) is 0 Å². The standard InChI is InChI=1S/C24H36N2O4/c1-5-6-18-7-9-20(10-8-18)21(27)11-12-22(28)26-15-13-19(14-16-26)17-25-23(29)30-24(2,3)4/h7-10,19H,5-6,11-17H2,1-4H3,(H,25,29). The number of nitrogens with one attached hydrogen (secondary N) is 1. The molecule has 2 rings (SSSR count). The lowest BCUT2D eigenvalue weighted by atomic mass is 9.96. The number of rotatable bonds is 8. The Kier molecular flexibility index (Phi) is 8.88. The zero-order valence-corrected chi connectivity index (χ0v) is 18.8. The fourth-order valence-corrected chi connectivity index (χ4v) is 3.60. The van der Waals surface area contributed by atoms with Gasteiger partial charge in [0.1, 0.15) is 5.60 Å². The first-order chi connectivity index (χ1) is 14.2. The summed E-state index contributed by atoms with van der Waals surface area (Å²) in [6.45, 7) is 9.53. The van der Waals surface area contributed by atoms with Crippen LogP contribution >= 0.6 is 0 Å². The fraction of sp³-hybridized carbons (Fsp3) is 0.625. The van der Waals surface area contributed by atoms with Gasteiger partial charge in [0.15, 0.2) is 5.78 Å². The maximum Gasteiger partial charge on any atom is 0.407 e. The smallest absolute Gasteiger partial charge is 0.407 e. The van der Waals surface area contributed by atoms with E-state index in [2.05, 4.69) is 12.2 Å². The van der Waals surface area contributed by atoms with E-state index in [1.54, 1.807) is 0 Å². The minimum absolute atomic E-state index is 0.0165. The van der Waals surface area contributed by atoms with Crippen molar-refractivity contribution in [3.05, 3.63) is 35.4 Å².